The highest BCUT2D eigenvalue weighted by Gasteiger charge is 2.20. The molecule has 0 aliphatic rings. The highest BCUT2D eigenvalue weighted by atomic mass is 32.1. The minimum atomic E-state index is -0.734. The molecule has 1 heterocycles. The smallest absolute Gasteiger partial charge is 0.0910 e. The lowest BCUT2D eigenvalue weighted by molar-refractivity contribution is 0.0611. The van der Waals surface area contributed by atoms with Gasteiger partial charge in [-0.05, 0) is 35.7 Å². The number of hydrogen-bond donors (Lipinski definition) is 1. The summed E-state index contributed by atoms with van der Waals surface area (Å²) in [6, 6.07) is 1.94. The van der Waals surface area contributed by atoms with E-state index in [1.807, 2.05) is 16.8 Å². The Morgan fingerprint density at radius 2 is 2.55 bits per heavy atom. The summed E-state index contributed by atoms with van der Waals surface area (Å²) in [4.78, 5) is 0. The number of hydrogen-bond acceptors (Lipinski definition) is 2. The molecule has 0 fully saturated rings. The van der Waals surface area contributed by atoms with Gasteiger partial charge in [-0.3, -0.25) is 0 Å². The molecule has 0 radical (unpaired) electrons. The SMILES string of the molecule is C=CC[C@@](C)(O)c1ccsc1. The zero-order chi connectivity index (χ0) is 8.32. The van der Waals surface area contributed by atoms with Crippen molar-refractivity contribution < 1.29 is 5.11 Å². The fourth-order valence-electron chi connectivity index (χ4n) is 0.970. The van der Waals surface area contributed by atoms with E-state index in [1.165, 1.54) is 0 Å². The Morgan fingerprint density at radius 1 is 1.82 bits per heavy atom. The molecule has 1 rings (SSSR count). The van der Waals surface area contributed by atoms with Crippen LogP contribution in [-0.4, -0.2) is 5.11 Å². The molecule has 2 heteroatoms. The van der Waals surface area contributed by atoms with Crippen LogP contribution in [0, 0.1) is 0 Å². The Bertz CT molecular complexity index is 224. The summed E-state index contributed by atoms with van der Waals surface area (Å²) in [5.74, 6) is 0. The quantitative estimate of drug-likeness (QED) is 0.688. The van der Waals surface area contributed by atoms with Crippen LogP contribution in [0.4, 0.5) is 0 Å². The maximum Gasteiger partial charge on any atom is 0.0910 e. The van der Waals surface area contributed by atoms with E-state index in [9.17, 15) is 5.11 Å². The van der Waals surface area contributed by atoms with Crippen LogP contribution < -0.4 is 0 Å². The molecule has 0 spiro atoms. The van der Waals surface area contributed by atoms with Gasteiger partial charge in [0.25, 0.3) is 0 Å². The summed E-state index contributed by atoms with van der Waals surface area (Å²) >= 11 is 1.60. The van der Waals surface area contributed by atoms with Crippen molar-refractivity contribution in [2.45, 2.75) is 18.9 Å². The molecule has 1 nitrogen and oxygen atoms in total. The van der Waals surface area contributed by atoms with Crippen LogP contribution >= 0.6 is 11.3 Å². The van der Waals surface area contributed by atoms with E-state index < -0.39 is 5.60 Å². The molecule has 1 aromatic heterocycles. The fraction of sp³-hybridized carbons (Fsp3) is 0.333. The second-order valence-electron chi connectivity index (χ2n) is 2.78. The molecule has 0 bridgehead atoms. The van der Waals surface area contributed by atoms with Crippen LogP contribution in [0.3, 0.4) is 0 Å². The first-order valence-electron chi connectivity index (χ1n) is 3.53. The fourth-order valence-corrected chi connectivity index (χ4v) is 1.75. The second-order valence-corrected chi connectivity index (χ2v) is 3.56. The Balaban J connectivity index is 2.81. The van der Waals surface area contributed by atoms with Gasteiger partial charge in [-0.2, -0.15) is 11.3 Å². The highest BCUT2D eigenvalue weighted by molar-refractivity contribution is 7.08. The molecule has 0 aromatic carbocycles. The van der Waals surface area contributed by atoms with Crippen molar-refractivity contribution in [1.29, 1.82) is 0 Å². The van der Waals surface area contributed by atoms with E-state index in [1.54, 1.807) is 24.3 Å². The van der Waals surface area contributed by atoms with Crippen molar-refractivity contribution in [2.75, 3.05) is 0 Å². The standard InChI is InChI=1S/C9H12OS/c1-3-5-9(2,10)8-4-6-11-7-8/h3-4,6-7,10H,1,5H2,2H3/t9-/m1/s1. The zero-order valence-corrected chi connectivity index (χ0v) is 7.40. The van der Waals surface area contributed by atoms with Gasteiger partial charge in [0.1, 0.15) is 0 Å². The maximum atomic E-state index is 9.81. The minimum Gasteiger partial charge on any atom is -0.385 e. The number of aliphatic hydroxyl groups is 1. The van der Waals surface area contributed by atoms with Crippen molar-refractivity contribution in [1.82, 2.24) is 0 Å². The maximum absolute atomic E-state index is 9.81. The van der Waals surface area contributed by atoms with Crippen LogP contribution in [0.2, 0.25) is 0 Å². The molecular formula is C9H12OS. The van der Waals surface area contributed by atoms with Gasteiger partial charge in [0.05, 0.1) is 5.60 Å². The van der Waals surface area contributed by atoms with E-state index in [0.29, 0.717) is 6.42 Å². The predicted molar refractivity (Wildman–Crippen MR) is 48.7 cm³/mol. The lowest BCUT2D eigenvalue weighted by Gasteiger charge is -2.19. The Hall–Kier alpha value is -0.600. The normalized spacial score (nSPS) is 15.8. The van der Waals surface area contributed by atoms with Crippen LogP contribution in [0.25, 0.3) is 0 Å². The van der Waals surface area contributed by atoms with Crippen molar-refractivity contribution in [3.8, 4) is 0 Å². The first-order valence-corrected chi connectivity index (χ1v) is 4.47. The Morgan fingerprint density at radius 3 is 3.00 bits per heavy atom. The largest absolute Gasteiger partial charge is 0.385 e. The first kappa shape index (κ1) is 8.50. The number of rotatable bonds is 3. The van der Waals surface area contributed by atoms with Gasteiger partial charge in [0.2, 0.25) is 0 Å². The minimum absolute atomic E-state index is 0.601. The summed E-state index contributed by atoms with van der Waals surface area (Å²) in [7, 11) is 0. The summed E-state index contributed by atoms with van der Waals surface area (Å²) in [6.07, 6.45) is 2.33. The molecule has 1 atom stereocenters. The lowest BCUT2D eigenvalue weighted by atomic mass is 9.95. The van der Waals surface area contributed by atoms with Crippen molar-refractivity contribution in [2.24, 2.45) is 0 Å². The lowest BCUT2D eigenvalue weighted by Crippen LogP contribution is -2.18. The summed E-state index contributed by atoms with van der Waals surface area (Å²) in [5.41, 5.74) is 0.240. The van der Waals surface area contributed by atoms with Crippen molar-refractivity contribution in [3.63, 3.8) is 0 Å². The molecule has 0 aliphatic heterocycles. The van der Waals surface area contributed by atoms with Gasteiger partial charge in [0.15, 0.2) is 0 Å². The van der Waals surface area contributed by atoms with Crippen molar-refractivity contribution >= 4 is 11.3 Å². The van der Waals surface area contributed by atoms with Crippen LogP contribution in [0.5, 0.6) is 0 Å². The first-order chi connectivity index (χ1) is 5.17. The third-order valence-corrected chi connectivity index (χ3v) is 2.37. The molecule has 11 heavy (non-hydrogen) atoms. The third kappa shape index (κ3) is 1.91. The van der Waals surface area contributed by atoms with Crippen LogP contribution in [-0.2, 0) is 5.60 Å². The molecule has 0 aliphatic carbocycles. The van der Waals surface area contributed by atoms with Gasteiger partial charge >= 0.3 is 0 Å². The van der Waals surface area contributed by atoms with E-state index in [4.69, 9.17) is 0 Å². The molecule has 60 valence electrons. The predicted octanol–water partition coefficient (Wildman–Crippen LogP) is 2.53. The average Bonchev–Trinajstić information content (AvgIpc) is 2.37. The summed E-state index contributed by atoms with van der Waals surface area (Å²) in [5, 5.41) is 13.7. The van der Waals surface area contributed by atoms with E-state index in [-0.39, 0.29) is 0 Å². The second kappa shape index (κ2) is 3.20. The molecule has 0 amide bonds. The van der Waals surface area contributed by atoms with E-state index in [2.05, 4.69) is 6.58 Å². The van der Waals surface area contributed by atoms with E-state index in [0.717, 1.165) is 5.56 Å². The third-order valence-electron chi connectivity index (χ3n) is 1.68. The molecular weight excluding hydrogens is 156 g/mol. The number of thiophene rings is 1. The summed E-state index contributed by atoms with van der Waals surface area (Å²) in [6.45, 7) is 5.40. The van der Waals surface area contributed by atoms with Gasteiger partial charge in [-0.25, -0.2) is 0 Å². The molecule has 1 aromatic rings. The molecule has 1 N–H and O–H groups in total. The topological polar surface area (TPSA) is 20.2 Å². The highest BCUT2D eigenvalue weighted by Crippen LogP contribution is 2.26. The average molecular weight is 168 g/mol. The van der Waals surface area contributed by atoms with Crippen LogP contribution in [0.15, 0.2) is 29.5 Å². The van der Waals surface area contributed by atoms with Gasteiger partial charge in [-0.1, -0.05) is 6.08 Å². The monoisotopic (exact) mass is 168 g/mol. The summed E-state index contributed by atoms with van der Waals surface area (Å²) < 4.78 is 0. The van der Waals surface area contributed by atoms with Crippen LogP contribution in [0.1, 0.15) is 18.9 Å². The molecule has 0 saturated heterocycles. The molecule has 0 unspecified atom stereocenters. The Kier molecular flexibility index (Phi) is 2.47. The van der Waals surface area contributed by atoms with Gasteiger partial charge in [-0.15, -0.1) is 6.58 Å². The van der Waals surface area contributed by atoms with Gasteiger partial charge < -0.3 is 5.11 Å². The zero-order valence-electron chi connectivity index (χ0n) is 6.58. The van der Waals surface area contributed by atoms with E-state index >= 15 is 0 Å². The van der Waals surface area contributed by atoms with Gasteiger partial charge in [0, 0.05) is 0 Å². The Labute approximate surface area is 71.0 Å². The van der Waals surface area contributed by atoms with Crippen molar-refractivity contribution in [3.05, 3.63) is 35.0 Å². The molecule has 0 saturated carbocycles.